The number of nitrogens with zero attached hydrogens (tertiary/aromatic N) is 1. The minimum absolute atomic E-state index is 0.179. The molecule has 0 spiro atoms. The van der Waals surface area contributed by atoms with Gasteiger partial charge in [0.25, 0.3) is 0 Å². The molecule has 7 heteroatoms. The quantitative estimate of drug-likeness (QED) is 0.730. The smallest absolute Gasteiger partial charge is 0.411 e. The van der Waals surface area contributed by atoms with Gasteiger partial charge in [0.2, 0.25) is 5.91 Å². The SMILES string of the molecule is COC(=O)C[C@@H]1C(=O)NCCN1C(=O)OC(C)(C)C. The first-order chi connectivity index (χ1) is 8.74. The molecule has 0 radical (unpaired) electrons. The summed E-state index contributed by atoms with van der Waals surface area (Å²) in [6.45, 7) is 5.87. The van der Waals surface area contributed by atoms with E-state index in [2.05, 4.69) is 10.1 Å². The summed E-state index contributed by atoms with van der Waals surface area (Å²) in [7, 11) is 1.24. The molecular formula is C12H20N2O5. The van der Waals surface area contributed by atoms with Crippen molar-refractivity contribution in [3.05, 3.63) is 0 Å². The highest BCUT2D eigenvalue weighted by Crippen LogP contribution is 2.15. The fraction of sp³-hybridized carbons (Fsp3) is 0.750. The average molecular weight is 272 g/mol. The summed E-state index contributed by atoms with van der Waals surface area (Å²) in [5, 5.41) is 2.61. The lowest BCUT2D eigenvalue weighted by Gasteiger charge is -2.35. The van der Waals surface area contributed by atoms with Crippen molar-refractivity contribution in [1.82, 2.24) is 10.2 Å². The Labute approximate surface area is 112 Å². The van der Waals surface area contributed by atoms with Gasteiger partial charge in [0.15, 0.2) is 0 Å². The maximum atomic E-state index is 12.0. The lowest BCUT2D eigenvalue weighted by molar-refractivity contribution is -0.145. The van der Waals surface area contributed by atoms with E-state index in [1.807, 2.05) is 0 Å². The number of rotatable bonds is 2. The van der Waals surface area contributed by atoms with E-state index in [-0.39, 0.29) is 12.3 Å². The Kier molecular flexibility index (Phi) is 4.74. The van der Waals surface area contributed by atoms with E-state index in [4.69, 9.17) is 4.74 Å². The Hall–Kier alpha value is -1.79. The van der Waals surface area contributed by atoms with Crippen LogP contribution in [0.15, 0.2) is 0 Å². The summed E-state index contributed by atoms with van der Waals surface area (Å²) in [5.41, 5.74) is -0.652. The van der Waals surface area contributed by atoms with Crippen LogP contribution in [0.4, 0.5) is 4.79 Å². The molecule has 1 heterocycles. The summed E-state index contributed by atoms with van der Waals surface area (Å²) < 4.78 is 9.76. The van der Waals surface area contributed by atoms with Gasteiger partial charge in [-0.05, 0) is 20.8 Å². The first kappa shape index (κ1) is 15.3. The molecule has 108 valence electrons. The van der Waals surface area contributed by atoms with Crippen LogP contribution >= 0.6 is 0 Å². The predicted molar refractivity (Wildman–Crippen MR) is 66.4 cm³/mol. The standard InChI is InChI=1S/C12H20N2O5/c1-12(2,3)19-11(17)14-6-5-13-10(16)8(14)7-9(15)18-4/h8H,5-7H2,1-4H3,(H,13,16)/t8-/m1/s1. The Morgan fingerprint density at radius 2 is 2.05 bits per heavy atom. The number of esters is 1. The molecule has 0 aromatic carbocycles. The first-order valence-corrected chi connectivity index (χ1v) is 6.09. The van der Waals surface area contributed by atoms with Gasteiger partial charge in [0.05, 0.1) is 13.5 Å². The molecule has 1 atom stereocenters. The maximum Gasteiger partial charge on any atom is 0.411 e. The second-order valence-electron chi connectivity index (χ2n) is 5.26. The molecule has 7 nitrogen and oxygen atoms in total. The number of carbonyl (C=O) groups is 3. The maximum absolute atomic E-state index is 12.0. The molecule has 0 aromatic rings. The van der Waals surface area contributed by atoms with E-state index >= 15 is 0 Å². The van der Waals surface area contributed by atoms with Crippen LogP contribution in [0.25, 0.3) is 0 Å². The third-order valence-electron chi connectivity index (χ3n) is 2.55. The van der Waals surface area contributed by atoms with Crippen LogP contribution in [0.3, 0.4) is 0 Å². The van der Waals surface area contributed by atoms with Gasteiger partial charge in [0, 0.05) is 13.1 Å². The Morgan fingerprint density at radius 1 is 1.42 bits per heavy atom. The third kappa shape index (κ3) is 4.42. The van der Waals surface area contributed by atoms with Crippen LogP contribution in [0.1, 0.15) is 27.2 Å². The van der Waals surface area contributed by atoms with Gasteiger partial charge >= 0.3 is 12.1 Å². The summed E-state index contributed by atoms with van der Waals surface area (Å²) >= 11 is 0. The molecular weight excluding hydrogens is 252 g/mol. The topological polar surface area (TPSA) is 84.9 Å². The fourth-order valence-electron chi connectivity index (χ4n) is 1.70. The zero-order valence-electron chi connectivity index (χ0n) is 11.7. The van der Waals surface area contributed by atoms with Crippen molar-refractivity contribution in [3.63, 3.8) is 0 Å². The van der Waals surface area contributed by atoms with Gasteiger partial charge in [-0.3, -0.25) is 14.5 Å². The molecule has 0 aromatic heterocycles. The molecule has 19 heavy (non-hydrogen) atoms. The molecule has 1 fully saturated rings. The Bertz CT molecular complexity index is 375. The van der Waals surface area contributed by atoms with Gasteiger partial charge < -0.3 is 14.8 Å². The zero-order valence-corrected chi connectivity index (χ0v) is 11.7. The van der Waals surface area contributed by atoms with Gasteiger partial charge in [-0.1, -0.05) is 0 Å². The Morgan fingerprint density at radius 3 is 2.58 bits per heavy atom. The fourth-order valence-corrected chi connectivity index (χ4v) is 1.70. The van der Waals surface area contributed by atoms with Gasteiger partial charge in [-0.25, -0.2) is 4.79 Å². The number of amides is 2. The lowest BCUT2D eigenvalue weighted by atomic mass is 10.1. The normalized spacial score (nSPS) is 19.7. The monoisotopic (exact) mass is 272 g/mol. The van der Waals surface area contributed by atoms with Gasteiger partial charge in [0.1, 0.15) is 11.6 Å². The molecule has 0 unspecified atom stereocenters. The second-order valence-corrected chi connectivity index (χ2v) is 5.26. The summed E-state index contributed by atoms with van der Waals surface area (Å²) in [6, 6.07) is -0.879. The summed E-state index contributed by atoms with van der Waals surface area (Å²) in [4.78, 5) is 36.3. The van der Waals surface area contributed by atoms with E-state index < -0.39 is 23.7 Å². The zero-order chi connectivity index (χ0) is 14.6. The minimum Gasteiger partial charge on any atom is -0.469 e. The van der Waals surface area contributed by atoms with Gasteiger partial charge in [-0.2, -0.15) is 0 Å². The van der Waals surface area contributed by atoms with Crippen molar-refractivity contribution < 1.29 is 23.9 Å². The van der Waals surface area contributed by atoms with Crippen LogP contribution in [-0.4, -0.2) is 54.7 Å². The predicted octanol–water partition coefficient (Wildman–Crippen LogP) is 0.285. The lowest BCUT2D eigenvalue weighted by Crippen LogP contribution is -2.58. The van der Waals surface area contributed by atoms with E-state index in [0.717, 1.165) is 0 Å². The van der Waals surface area contributed by atoms with E-state index in [9.17, 15) is 14.4 Å². The molecule has 1 rings (SSSR count). The molecule has 1 N–H and O–H groups in total. The highest BCUT2D eigenvalue weighted by molar-refractivity contribution is 5.90. The van der Waals surface area contributed by atoms with Crippen LogP contribution in [-0.2, 0) is 19.1 Å². The number of carbonyl (C=O) groups excluding carboxylic acids is 3. The van der Waals surface area contributed by atoms with Crippen LogP contribution in [0, 0.1) is 0 Å². The molecule has 1 aliphatic heterocycles. The van der Waals surface area contributed by atoms with Gasteiger partial charge in [-0.15, -0.1) is 0 Å². The first-order valence-electron chi connectivity index (χ1n) is 6.09. The second kappa shape index (κ2) is 5.90. The molecule has 0 aliphatic carbocycles. The highest BCUT2D eigenvalue weighted by Gasteiger charge is 2.37. The largest absolute Gasteiger partial charge is 0.469 e. The molecule has 0 saturated carbocycles. The average Bonchev–Trinajstić information content (AvgIpc) is 2.29. The highest BCUT2D eigenvalue weighted by atomic mass is 16.6. The van der Waals surface area contributed by atoms with Crippen molar-refractivity contribution in [2.75, 3.05) is 20.2 Å². The number of piperazine rings is 1. The van der Waals surface area contributed by atoms with Crippen molar-refractivity contribution >= 4 is 18.0 Å². The van der Waals surface area contributed by atoms with E-state index in [1.54, 1.807) is 20.8 Å². The number of hydrogen-bond donors (Lipinski definition) is 1. The number of ether oxygens (including phenoxy) is 2. The Balaban J connectivity index is 2.79. The number of methoxy groups -OCH3 is 1. The third-order valence-corrected chi connectivity index (χ3v) is 2.55. The van der Waals surface area contributed by atoms with Crippen molar-refractivity contribution in [3.8, 4) is 0 Å². The van der Waals surface area contributed by atoms with Crippen molar-refractivity contribution in [1.29, 1.82) is 0 Å². The van der Waals surface area contributed by atoms with Crippen molar-refractivity contribution in [2.24, 2.45) is 0 Å². The number of hydrogen-bond acceptors (Lipinski definition) is 5. The number of nitrogens with one attached hydrogen (secondary N) is 1. The van der Waals surface area contributed by atoms with Crippen molar-refractivity contribution in [2.45, 2.75) is 38.8 Å². The molecule has 2 amide bonds. The van der Waals surface area contributed by atoms with E-state index in [1.165, 1.54) is 12.0 Å². The van der Waals surface area contributed by atoms with Crippen LogP contribution < -0.4 is 5.32 Å². The molecule has 1 saturated heterocycles. The van der Waals surface area contributed by atoms with Crippen LogP contribution in [0.5, 0.6) is 0 Å². The minimum atomic E-state index is -0.879. The van der Waals surface area contributed by atoms with E-state index in [0.29, 0.717) is 13.1 Å². The summed E-state index contributed by atoms with van der Waals surface area (Å²) in [5.74, 6) is -0.918. The molecule has 1 aliphatic rings. The summed E-state index contributed by atoms with van der Waals surface area (Å²) in [6.07, 6.45) is -0.780. The van der Waals surface area contributed by atoms with Crippen LogP contribution in [0.2, 0.25) is 0 Å². The molecule has 0 bridgehead atoms.